The number of furan rings is 1. The lowest BCUT2D eigenvalue weighted by Gasteiger charge is -1.99. The number of allylic oxidation sites excluding steroid dienone is 1. The van der Waals surface area contributed by atoms with Gasteiger partial charge in [0.1, 0.15) is 5.82 Å². The Kier molecular flexibility index (Phi) is 5.30. The molecular weight excluding hydrogens is 303 g/mol. The largest absolute Gasteiger partial charge is 0.502 e. The molecule has 1 heterocycles. The van der Waals surface area contributed by atoms with E-state index in [1.54, 1.807) is 19.1 Å². The molecule has 2 aromatic rings. The molecule has 0 aliphatic rings. The molecule has 0 bridgehead atoms. The molecule has 0 saturated carbocycles. The molecular formula is C17H15FO5. The van der Waals surface area contributed by atoms with Gasteiger partial charge in [0.05, 0.1) is 12.9 Å². The zero-order valence-electron chi connectivity index (χ0n) is 12.4. The van der Waals surface area contributed by atoms with Gasteiger partial charge in [-0.3, -0.25) is 4.79 Å². The van der Waals surface area contributed by atoms with Crippen LogP contribution in [0.25, 0.3) is 0 Å². The van der Waals surface area contributed by atoms with Gasteiger partial charge in [0.25, 0.3) is 0 Å². The van der Waals surface area contributed by atoms with Crippen molar-refractivity contribution in [2.24, 2.45) is 0 Å². The van der Waals surface area contributed by atoms with Gasteiger partial charge in [0.15, 0.2) is 5.76 Å². The summed E-state index contributed by atoms with van der Waals surface area (Å²) in [6.45, 7) is 1.68. The van der Waals surface area contributed by atoms with Gasteiger partial charge in [-0.15, -0.1) is 0 Å². The Labute approximate surface area is 132 Å². The van der Waals surface area contributed by atoms with E-state index in [-0.39, 0.29) is 18.2 Å². The number of halogens is 1. The minimum Gasteiger partial charge on any atom is -0.502 e. The van der Waals surface area contributed by atoms with Crippen molar-refractivity contribution in [3.8, 4) is 0 Å². The number of rotatable bonds is 6. The van der Waals surface area contributed by atoms with Gasteiger partial charge in [-0.1, -0.05) is 12.1 Å². The zero-order chi connectivity index (χ0) is 16.8. The number of carbonyl (C=O) groups excluding carboxylic acids is 2. The molecule has 120 valence electrons. The summed E-state index contributed by atoms with van der Waals surface area (Å²) in [4.78, 5) is 23.1. The predicted molar refractivity (Wildman–Crippen MR) is 79.6 cm³/mol. The van der Waals surface area contributed by atoms with Crippen LogP contribution in [0.15, 0.2) is 52.8 Å². The second kappa shape index (κ2) is 7.40. The fourth-order valence-corrected chi connectivity index (χ4v) is 1.89. The van der Waals surface area contributed by atoms with E-state index < -0.39 is 17.5 Å². The summed E-state index contributed by atoms with van der Waals surface area (Å²) in [5, 5.41) is 9.44. The van der Waals surface area contributed by atoms with Crippen LogP contribution in [0.3, 0.4) is 0 Å². The van der Waals surface area contributed by atoms with Crippen LogP contribution in [0.1, 0.15) is 28.6 Å². The van der Waals surface area contributed by atoms with Crippen LogP contribution in [-0.2, 0) is 16.0 Å². The molecule has 0 spiro atoms. The number of ketones is 1. The van der Waals surface area contributed by atoms with Crippen molar-refractivity contribution >= 4 is 11.8 Å². The van der Waals surface area contributed by atoms with E-state index in [1.165, 1.54) is 24.5 Å². The van der Waals surface area contributed by atoms with Crippen LogP contribution < -0.4 is 0 Å². The van der Waals surface area contributed by atoms with Crippen LogP contribution >= 0.6 is 0 Å². The fourth-order valence-electron chi connectivity index (χ4n) is 1.89. The van der Waals surface area contributed by atoms with Gasteiger partial charge in [-0.05, 0) is 36.2 Å². The van der Waals surface area contributed by atoms with Crippen molar-refractivity contribution < 1.29 is 28.2 Å². The molecule has 0 aliphatic heterocycles. The van der Waals surface area contributed by atoms with Gasteiger partial charge in [-0.25, -0.2) is 9.18 Å². The standard InChI is InChI=1S/C17H15FO5/c1-2-22-17(21)15(20)9-14(19)16-8-12(10-23-16)7-11-3-5-13(18)6-4-11/h3-6,8-10,20H,2,7H2,1H3/b15-9-. The molecule has 0 unspecified atom stereocenters. The Bertz CT molecular complexity index is 728. The summed E-state index contributed by atoms with van der Waals surface area (Å²) in [5.74, 6) is -2.75. The fraction of sp³-hybridized carbons (Fsp3) is 0.176. The highest BCUT2D eigenvalue weighted by Crippen LogP contribution is 2.15. The second-order valence-corrected chi connectivity index (χ2v) is 4.74. The van der Waals surface area contributed by atoms with E-state index in [4.69, 9.17) is 4.42 Å². The van der Waals surface area contributed by atoms with E-state index in [0.29, 0.717) is 12.0 Å². The Morgan fingerprint density at radius 3 is 2.61 bits per heavy atom. The van der Waals surface area contributed by atoms with Crippen LogP contribution in [0.5, 0.6) is 0 Å². The van der Waals surface area contributed by atoms with Crippen LogP contribution in [-0.4, -0.2) is 23.5 Å². The summed E-state index contributed by atoms with van der Waals surface area (Å²) in [6, 6.07) is 7.47. The highest BCUT2D eigenvalue weighted by Gasteiger charge is 2.15. The Hall–Kier alpha value is -2.89. The third-order valence-corrected chi connectivity index (χ3v) is 2.97. The summed E-state index contributed by atoms with van der Waals surface area (Å²) in [6.07, 6.45) is 2.61. The molecule has 1 aromatic heterocycles. The number of ether oxygens (including phenoxy) is 1. The summed E-state index contributed by atoms with van der Waals surface area (Å²) in [5.41, 5.74) is 1.57. The van der Waals surface area contributed by atoms with Gasteiger partial charge in [0.2, 0.25) is 11.5 Å². The van der Waals surface area contributed by atoms with Gasteiger partial charge >= 0.3 is 5.97 Å². The van der Waals surface area contributed by atoms with Crippen molar-refractivity contribution in [1.29, 1.82) is 0 Å². The lowest BCUT2D eigenvalue weighted by Crippen LogP contribution is -2.09. The molecule has 0 amide bonds. The highest BCUT2D eigenvalue weighted by molar-refractivity contribution is 6.06. The van der Waals surface area contributed by atoms with Gasteiger partial charge in [-0.2, -0.15) is 0 Å². The first kappa shape index (κ1) is 16.5. The van der Waals surface area contributed by atoms with E-state index >= 15 is 0 Å². The molecule has 6 heteroatoms. The number of benzene rings is 1. The SMILES string of the molecule is CCOC(=O)/C(O)=C/C(=O)c1cc(Cc2ccc(F)cc2)co1. The molecule has 0 fully saturated rings. The normalized spacial score (nSPS) is 11.3. The molecule has 5 nitrogen and oxygen atoms in total. The predicted octanol–water partition coefficient (Wildman–Crippen LogP) is 3.20. The van der Waals surface area contributed by atoms with Crippen molar-refractivity contribution in [1.82, 2.24) is 0 Å². The summed E-state index contributed by atoms with van der Waals surface area (Å²) >= 11 is 0. The molecule has 1 aromatic carbocycles. The number of aliphatic hydroxyl groups excluding tert-OH is 1. The lowest BCUT2D eigenvalue weighted by molar-refractivity contribution is -0.141. The third kappa shape index (κ3) is 4.54. The van der Waals surface area contributed by atoms with Crippen molar-refractivity contribution in [2.75, 3.05) is 6.61 Å². The Morgan fingerprint density at radius 1 is 1.26 bits per heavy atom. The van der Waals surface area contributed by atoms with Crippen LogP contribution in [0.2, 0.25) is 0 Å². The van der Waals surface area contributed by atoms with Crippen LogP contribution in [0.4, 0.5) is 4.39 Å². The maximum absolute atomic E-state index is 12.8. The number of hydrogen-bond donors (Lipinski definition) is 1. The zero-order valence-corrected chi connectivity index (χ0v) is 12.4. The number of hydrogen-bond acceptors (Lipinski definition) is 5. The smallest absolute Gasteiger partial charge is 0.373 e. The number of aliphatic hydroxyl groups is 1. The van der Waals surface area contributed by atoms with E-state index in [2.05, 4.69) is 4.74 Å². The summed E-state index contributed by atoms with van der Waals surface area (Å²) in [7, 11) is 0. The first-order chi connectivity index (χ1) is 11.0. The molecule has 0 saturated heterocycles. The molecule has 23 heavy (non-hydrogen) atoms. The molecule has 2 rings (SSSR count). The minimum absolute atomic E-state index is 0.0158. The molecule has 0 atom stereocenters. The second-order valence-electron chi connectivity index (χ2n) is 4.74. The summed E-state index contributed by atoms with van der Waals surface area (Å²) < 4.78 is 22.5. The van der Waals surface area contributed by atoms with Crippen molar-refractivity contribution in [3.63, 3.8) is 0 Å². The average Bonchev–Trinajstić information content (AvgIpc) is 2.98. The quantitative estimate of drug-likeness (QED) is 0.383. The maximum atomic E-state index is 12.8. The lowest BCUT2D eigenvalue weighted by atomic mass is 10.1. The Balaban J connectivity index is 2.06. The molecule has 0 aliphatic carbocycles. The topological polar surface area (TPSA) is 76.7 Å². The maximum Gasteiger partial charge on any atom is 0.373 e. The van der Waals surface area contributed by atoms with E-state index in [1.807, 2.05) is 0 Å². The number of carbonyl (C=O) groups is 2. The average molecular weight is 318 g/mol. The monoisotopic (exact) mass is 318 g/mol. The highest BCUT2D eigenvalue weighted by atomic mass is 19.1. The first-order valence-electron chi connectivity index (χ1n) is 6.93. The van der Waals surface area contributed by atoms with Crippen LogP contribution in [0, 0.1) is 5.82 Å². The van der Waals surface area contributed by atoms with Crippen molar-refractivity contribution in [2.45, 2.75) is 13.3 Å². The first-order valence-corrected chi connectivity index (χ1v) is 6.93. The Morgan fingerprint density at radius 2 is 1.96 bits per heavy atom. The van der Waals surface area contributed by atoms with Crippen molar-refractivity contribution in [3.05, 3.63) is 71.1 Å². The molecule has 1 N–H and O–H groups in total. The molecule has 0 radical (unpaired) electrons. The van der Waals surface area contributed by atoms with Gasteiger partial charge in [0, 0.05) is 12.5 Å². The number of esters is 1. The van der Waals surface area contributed by atoms with E-state index in [0.717, 1.165) is 11.6 Å². The van der Waals surface area contributed by atoms with E-state index in [9.17, 15) is 19.1 Å². The third-order valence-electron chi connectivity index (χ3n) is 2.97. The van der Waals surface area contributed by atoms with Gasteiger partial charge < -0.3 is 14.3 Å². The minimum atomic E-state index is -0.973.